The second kappa shape index (κ2) is 9.55. The van der Waals surface area contributed by atoms with E-state index in [4.69, 9.17) is 0 Å². The van der Waals surface area contributed by atoms with Crippen molar-refractivity contribution in [3.8, 4) is 0 Å². The monoisotopic (exact) mass is 495 g/mol. The molecule has 1 aromatic carbocycles. The van der Waals surface area contributed by atoms with Crippen molar-refractivity contribution >= 4 is 40.2 Å². The number of nitrogens with one attached hydrogen (secondary N) is 2. The van der Waals surface area contributed by atoms with Crippen LogP contribution in [0, 0.1) is 11.8 Å². The SMILES string of the molecule is CC(=O)[C@H]1CCN(C(=O)C2CCC(Nc3cccc4c3n(C)c(=O)n4C3CCC(=O)NC3=O)CC2)C1. The van der Waals surface area contributed by atoms with Gasteiger partial charge in [-0.2, -0.15) is 0 Å². The first kappa shape index (κ1) is 24.3. The Morgan fingerprint density at radius 1 is 1.00 bits per heavy atom. The van der Waals surface area contributed by atoms with E-state index in [0.29, 0.717) is 25.0 Å². The number of carbonyl (C=O) groups excluding carboxylic acids is 4. The van der Waals surface area contributed by atoms with Crippen molar-refractivity contribution in [1.29, 1.82) is 0 Å². The molecule has 3 aliphatic rings. The molecule has 1 aliphatic carbocycles. The molecule has 1 aromatic heterocycles. The molecule has 0 radical (unpaired) electrons. The van der Waals surface area contributed by atoms with Crippen molar-refractivity contribution in [3.63, 3.8) is 0 Å². The Balaban J connectivity index is 1.29. The average molecular weight is 496 g/mol. The predicted molar refractivity (Wildman–Crippen MR) is 133 cm³/mol. The number of para-hydroxylation sites is 1. The molecule has 3 fully saturated rings. The summed E-state index contributed by atoms with van der Waals surface area (Å²) in [6.07, 6.45) is 4.49. The molecule has 10 nitrogen and oxygen atoms in total. The van der Waals surface area contributed by atoms with E-state index in [1.165, 1.54) is 4.57 Å². The van der Waals surface area contributed by atoms with E-state index in [9.17, 15) is 24.0 Å². The molecule has 2 saturated heterocycles. The first-order chi connectivity index (χ1) is 17.2. The van der Waals surface area contributed by atoms with Crippen molar-refractivity contribution in [1.82, 2.24) is 19.4 Å². The number of piperidine rings is 1. The quantitative estimate of drug-likeness (QED) is 0.609. The average Bonchev–Trinajstić information content (AvgIpc) is 3.44. The molecule has 2 aliphatic heterocycles. The highest BCUT2D eigenvalue weighted by molar-refractivity contribution is 6.00. The van der Waals surface area contributed by atoms with Crippen LogP contribution >= 0.6 is 0 Å². The number of likely N-dealkylation sites (tertiary alicyclic amines) is 1. The van der Waals surface area contributed by atoms with Crippen LogP contribution in [0.15, 0.2) is 23.0 Å². The number of hydrogen-bond donors (Lipinski definition) is 2. The lowest BCUT2D eigenvalue weighted by Gasteiger charge is -2.31. The molecular formula is C26H33N5O5. The second-order valence-corrected chi connectivity index (χ2v) is 10.4. The molecule has 5 rings (SSSR count). The number of nitrogens with zero attached hydrogens (tertiary/aromatic N) is 3. The van der Waals surface area contributed by atoms with Crippen molar-refractivity contribution in [3.05, 3.63) is 28.7 Å². The molecule has 2 aromatic rings. The van der Waals surface area contributed by atoms with Gasteiger partial charge in [-0.1, -0.05) is 6.07 Å². The summed E-state index contributed by atoms with van der Waals surface area (Å²) in [6.45, 7) is 2.82. The Morgan fingerprint density at radius 3 is 2.42 bits per heavy atom. The molecule has 0 bridgehead atoms. The number of Topliss-reactive ketones (excluding diaryl/α,β-unsaturated/α-hetero) is 1. The van der Waals surface area contributed by atoms with Gasteiger partial charge >= 0.3 is 5.69 Å². The highest BCUT2D eigenvalue weighted by atomic mass is 16.2. The van der Waals surface area contributed by atoms with Crippen molar-refractivity contribution in [2.24, 2.45) is 18.9 Å². The van der Waals surface area contributed by atoms with Crippen molar-refractivity contribution in [2.45, 2.75) is 64.0 Å². The zero-order chi connectivity index (χ0) is 25.6. The van der Waals surface area contributed by atoms with E-state index in [1.54, 1.807) is 18.5 Å². The maximum Gasteiger partial charge on any atom is 0.329 e. The molecule has 10 heteroatoms. The van der Waals surface area contributed by atoms with Gasteiger partial charge in [0.1, 0.15) is 11.8 Å². The Bertz CT molecular complexity index is 1290. The number of aryl methyl sites for hydroxylation is 1. The molecule has 3 amide bonds. The van der Waals surface area contributed by atoms with Gasteiger partial charge in [0.05, 0.1) is 16.7 Å². The lowest BCUT2D eigenvalue weighted by molar-refractivity contribution is -0.137. The maximum absolute atomic E-state index is 13.1. The number of imide groups is 1. The zero-order valence-electron chi connectivity index (χ0n) is 20.8. The Hall–Kier alpha value is -3.43. The standard InChI is InChI=1S/C26H33N5O5/c1-15(32)17-12-13-30(14-17)25(35)16-6-8-18(9-7-16)27-19-4-3-5-20-23(19)29(2)26(36)31(20)21-10-11-22(33)28-24(21)34/h3-5,16-18,21,27H,6-14H2,1-2H3,(H,28,33,34)/t16?,17-,18?,21?/m0/s1. The third-order valence-electron chi connectivity index (χ3n) is 8.14. The van der Waals surface area contributed by atoms with E-state index in [-0.39, 0.29) is 47.6 Å². The number of anilines is 1. The number of rotatable bonds is 5. The van der Waals surface area contributed by atoms with Crippen LogP contribution in [0.1, 0.15) is 57.9 Å². The van der Waals surface area contributed by atoms with Gasteiger partial charge in [-0.15, -0.1) is 0 Å². The fraction of sp³-hybridized carbons (Fsp3) is 0.577. The molecule has 36 heavy (non-hydrogen) atoms. The summed E-state index contributed by atoms with van der Waals surface area (Å²) in [5.74, 6) is -0.468. The van der Waals surface area contributed by atoms with Gasteiger partial charge in [0.25, 0.3) is 0 Å². The van der Waals surface area contributed by atoms with Crippen LogP contribution in [0.3, 0.4) is 0 Å². The Labute approximate surface area is 209 Å². The number of ketones is 1. The molecule has 0 spiro atoms. The molecule has 1 unspecified atom stereocenters. The zero-order valence-corrected chi connectivity index (χ0v) is 20.8. The van der Waals surface area contributed by atoms with Crippen LogP contribution in [-0.4, -0.2) is 56.7 Å². The summed E-state index contributed by atoms with van der Waals surface area (Å²) in [5.41, 5.74) is 1.90. The van der Waals surface area contributed by atoms with Crippen LogP contribution in [0.2, 0.25) is 0 Å². The lowest BCUT2D eigenvalue weighted by Crippen LogP contribution is -2.44. The van der Waals surface area contributed by atoms with Gasteiger partial charge in [-0.25, -0.2) is 4.79 Å². The number of imidazole rings is 1. The van der Waals surface area contributed by atoms with Gasteiger partial charge in [0.2, 0.25) is 17.7 Å². The number of carbonyl (C=O) groups is 4. The first-order valence-corrected chi connectivity index (χ1v) is 12.8. The van der Waals surface area contributed by atoms with E-state index >= 15 is 0 Å². The second-order valence-electron chi connectivity index (χ2n) is 10.4. The number of hydrogen-bond acceptors (Lipinski definition) is 6. The fourth-order valence-corrected chi connectivity index (χ4v) is 6.04. The summed E-state index contributed by atoms with van der Waals surface area (Å²) < 4.78 is 3.04. The minimum atomic E-state index is -0.719. The minimum Gasteiger partial charge on any atom is -0.381 e. The molecule has 3 heterocycles. The molecule has 2 N–H and O–H groups in total. The lowest BCUT2D eigenvalue weighted by atomic mass is 9.85. The number of aromatic nitrogens is 2. The van der Waals surface area contributed by atoms with Gasteiger partial charge in [-0.3, -0.25) is 33.6 Å². The third kappa shape index (κ3) is 4.33. The van der Waals surface area contributed by atoms with Crippen molar-refractivity contribution in [2.75, 3.05) is 18.4 Å². The summed E-state index contributed by atoms with van der Waals surface area (Å²) in [7, 11) is 1.69. The normalized spacial score (nSPS) is 26.8. The summed E-state index contributed by atoms with van der Waals surface area (Å²) in [5, 5.41) is 5.92. The highest BCUT2D eigenvalue weighted by Gasteiger charge is 2.35. The van der Waals surface area contributed by atoms with Crippen LogP contribution < -0.4 is 16.3 Å². The molecule has 192 valence electrons. The van der Waals surface area contributed by atoms with Gasteiger partial charge in [0.15, 0.2) is 0 Å². The Kier molecular flexibility index (Phi) is 6.44. The molecule has 2 atom stereocenters. The van der Waals surface area contributed by atoms with Gasteiger partial charge in [0, 0.05) is 44.4 Å². The van der Waals surface area contributed by atoms with Crippen LogP contribution in [0.4, 0.5) is 5.69 Å². The molecular weight excluding hydrogens is 462 g/mol. The Morgan fingerprint density at radius 2 is 1.75 bits per heavy atom. The summed E-state index contributed by atoms with van der Waals surface area (Å²) >= 11 is 0. The third-order valence-corrected chi connectivity index (χ3v) is 8.14. The molecule has 1 saturated carbocycles. The predicted octanol–water partition coefficient (Wildman–Crippen LogP) is 1.73. The van der Waals surface area contributed by atoms with Crippen LogP contribution in [-0.2, 0) is 26.2 Å². The van der Waals surface area contributed by atoms with E-state index in [1.807, 2.05) is 23.1 Å². The fourth-order valence-electron chi connectivity index (χ4n) is 6.04. The van der Waals surface area contributed by atoms with Crippen LogP contribution in [0.25, 0.3) is 11.0 Å². The number of fused-ring (bicyclic) bond motifs is 1. The van der Waals surface area contributed by atoms with Crippen LogP contribution in [0.5, 0.6) is 0 Å². The minimum absolute atomic E-state index is 0.0116. The topological polar surface area (TPSA) is 123 Å². The van der Waals surface area contributed by atoms with Gasteiger partial charge < -0.3 is 10.2 Å². The van der Waals surface area contributed by atoms with E-state index in [0.717, 1.165) is 43.3 Å². The first-order valence-electron chi connectivity index (χ1n) is 12.8. The van der Waals surface area contributed by atoms with Crippen molar-refractivity contribution < 1.29 is 19.2 Å². The van der Waals surface area contributed by atoms with Gasteiger partial charge in [-0.05, 0) is 57.6 Å². The van der Waals surface area contributed by atoms with E-state index < -0.39 is 11.9 Å². The smallest absolute Gasteiger partial charge is 0.329 e. The maximum atomic E-state index is 13.1. The summed E-state index contributed by atoms with van der Waals surface area (Å²) in [6, 6.07) is 5.06. The highest BCUT2D eigenvalue weighted by Crippen LogP contribution is 2.32. The largest absolute Gasteiger partial charge is 0.381 e. The number of benzene rings is 1. The van der Waals surface area contributed by atoms with E-state index in [2.05, 4.69) is 10.6 Å². The summed E-state index contributed by atoms with van der Waals surface area (Å²) in [4.78, 5) is 63.7. The number of amides is 3.